The number of aromatic nitrogens is 2. The topological polar surface area (TPSA) is 60.2 Å². The van der Waals surface area contributed by atoms with Crippen molar-refractivity contribution in [3.63, 3.8) is 0 Å². The Hall–Kier alpha value is -0.940. The van der Waals surface area contributed by atoms with Crippen molar-refractivity contribution >= 4 is 0 Å². The first-order valence-electron chi connectivity index (χ1n) is 8.35. The van der Waals surface area contributed by atoms with Gasteiger partial charge in [-0.1, -0.05) is 31.3 Å². The minimum Gasteiger partial charge on any atom is -0.370 e. The van der Waals surface area contributed by atoms with Crippen LogP contribution in [0.4, 0.5) is 0 Å². The van der Waals surface area contributed by atoms with Crippen molar-refractivity contribution in [3.8, 4) is 0 Å². The van der Waals surface area contributed by atoms with Crippen LogP contribution in [0.5, 0.6) is 0 Å². The van der Waals surface area contributed by atoms with Crippen LogP contribution in [0.25, 0.3) is 0 Å². The van der Waals surface area contributed by atoms with E-state index in [0.29, 0.717) is 0 Å². The van der Waals surface area contributed by atoms with Crippen LogP contribution in [0.1, 0.15) is 70.0 Å². The number of ether oxygens (including phenoxy) is 1. The van der Waals surface area contributed by atoms with Gasteiger partial charge in [0.1, 0.15) is 5.60 Å². The Morgan fingerprint density at radius 2 is 2.00 bits per heavy atom. The fourth-order valence-electron chi connectivity index (χ4n) is 3.87. The van der Waals surface area contributed by atoms with E-state index in [2.05, 4.69) is 17.4 Å². The SMILES string of the molecule is CCC1(c2nc(C3(OC)CCCCC3)no2)CCCNC1. The van der Waals surface area contributed by atoms with Gasteiger partial charge in [0, 0.05) is 13.7 Å². The van der Waals surface area contributed by atoms with Gasteiger partial charge in [-0.25, -0.2) is 0 Å². The molecular formula is C16H27N3O2. The van der Waals surface area contributed by atoms with Gasteiger partial charge in [0.25, 0.3) is 0 Å². The first-order valence-corrected chi connectivity index (χ1v) is 8.35. The van der Waals surface area contributed by atoms with Crippen LogP contribution in [-0.2, 0) is 15.8 Å². The van der Waals surface area contributed by atoms with E-state index in [4.69, 9.17) is 14.2 Å². The molecule has 1 aromatic heterocycles. The van der Waals surface area contributed by atoms with E-state index in [-0.39, 0.29) is 11.0 Å². The van der Waals surface area contributed by atoms with Crippen molar-refractivity contribution in [1.29, 1.82) is 0 Å². The van der Waals surface area contributed by atoms with Crippen LogP contribution < -0.4 is 5.32 Å². The smallest absolute Gasteiger partial charge is 0.234 e. The average Bonchev–Trinajstić information content (AvgIpc) is 3.07. The average molecular weight is 293 g/mol. The summed E-state index contributed by atoms with van der Waals surface area (Å²) in [5.74, 6) is 1.56. The third-order valence-corrected chi connectivity index (χ3v) is 5.49. The molecule has 0 radical (unpaired) electrons. The Bertz CT molecular complexity index is 419. The number of methoxy groups -OCH3 is 1. The van der Waals surface area contributed by atoms with E-state index in [0.717, 1.165) is 50.5 Å². The van der Waals surface area contributed by atoms with Gasteiger partial charge in [-0.05, 0) is 38.6 Å². The molecule has 0 bridgehead atoms. The predicted molar refractivity (Wildman–Crippen MR) is 80.1 cm³/mol. The van der Waals surface area contributed by atoms with Gasteiger partial charge in [-0.3, -0.25) is 0 Å². The van der Waals surface area contributed by atoms with Crippen LogP contribution in [0, 0.1) is 0 Å². The Labute approximate surface area is 126 Å². The van der Waals surface area contributed by atoms with E-state index < -0.39 is 0 Å². The van der Waals surface area contributed by atoms with Crippen LogP contribution in [-0.4, -0.2) is 30.3 Å². The lowest BCUT2D eigenvalue weighted by Crippen LogP contribution is -2.43. The second-order valence-corrected chi connectivity index (χ2v) is 6.60. The largest absolute Gasteiger partial charge is 0.370 e. The molecule has 1 aliphatic carbocycles. The molecule has 1 aromatic rings. The zero-order valence-corrected chi connectivity index (χ0v) is 13.3. The summed E-state index contributed by atoms with van der Waals surface area (Å²) in [6, 6.07) is 0. The Balaban J connectivity index is 1.88. The predicted octanol–water partition coefficient (Wildman–Crippen LogP) is 2.91. The molecule has 0 aromatic carbocycles. The molecule has 2 heterocycles. The maximum atomic E-state index is 5.83. The molecule has 1 unspecified atom stereocenters. The van der Waals surface area contributed by atoms with Crippen molar-refractivity contribution in [2.45, 2.75) is 69.3 Å². The molecule has 2 aliphatic rings. The summed E-state index contributed by atoms with van der Waals surface area (Å²) >= 11 is 0. The lowest BCUT2D eigenvalue weighted by molar-refractivity contribution is -0.0527. The highest BCUT2D eigenvalue weighted by molar-refractivity contribution is 5.11. The van der Waals surface area contributed by atoms with Gasteiger partial charge in [-0.2, -0.15) is 4.98 Å². The molecule has 21 heavy (non-hydrogen) atoms. The Morgan fingerprint density at radius 1 is 1.19 bits per heavy atom. The van der Waals surface area contributed by atoms with E-state index in [1.165, 1.54) is 25.7 Å². The van der Waals surface area contributed by atoms with Gasteiger partial charge in [0.2, 0.25) is 11.7 Å². The molecule has 1 aliphatic heterocycles. The maximum Gasteiger partial charge on any atom is 0.234 e. The number of hydrogen-bond acceptors (Lipinski definition) is 5. The number of hydrogen-bond donors (Lipinski definition) is 1. The highest BCUT2D eigenvalue weighted by Gasteiger charge is 2.42. The van der Waals surface area contributed by atoms with Crippen LogP contribution in [0.2, 0.25) is 0 Å². The van der Waals surface area contributed by atoms with Crippen LogP contribution >= 0.6 is 0 Å². The molecule has 1 N–H and O–H groups in total. The number of piperidine rings is 1. The second kappa shape index (κ2) is 6.05. The van der Waals surface area contributed by atoms with Crippen molar-refractivity contribution in [1.82, 2.24) is 15.5 Å². The Kier molecular flexibility index (Phi) is 4.31. The lowest BCUT2D eigenvalue weighted by Gasteiger charge is -2.34. The lowest BCUT2D eigenvalue weighted by atomic mass is 9.78. The molecule has 118 valence electrons. The first-order chi connectivity index (χ1) is 10.2. The number of nitrogens with zero attached hydrogens (tertiary/aromatic N) is 2. The highest BCUT2D eigenvalue weighted by Crippen LogP contribution is 2.40. The van der Waals surface area contributed by atoms with Crippen molar-refractivity contribution in [2.75, 3.05) is 20.2 Å². The van der Waals surface area contributed by atoms with E-state index in [1.807, 2.05) is 0 Å². The van der Waals surface area contributed by atoms with Crippen LogP contribution in [0.3, 0.4) is 0 Å². The first kappa shape index (κ1) is 15.0. The molecule has 0 amide bonds. The van der Waals surface area contributed by atoms with Gasteiger partial charge in [-0.15, -0.1) is 0 Å². The monoisotopic (exact) mass is 293 g/mol. The van der Waals surface area contributed by atoms with Gasteiger partial charge in [0.05, 0.1) is 5.41 Å². The van der Waals surface area contributed by atoms with E-state index in [1.54, 1.807) is 7.11 Å². The van der Waals surface area contributed by atoms with Gasteiger partial charge >= 0.3 is 0 Å². The van der Waals surface area contributed by atoms with Gasteiger partial charge in [0.15, 0.2) is 0 Å². The minimum absolute atomic E-state index is 0.00704. The third kappa shape index (κ3) is 2.61. The molecule has 5 nitrogen and oxygen atoms in total. The fraction of sp³-hybridized carbons (Fsp3) is 0.875. The normalized spacial score (nSPS) is 29.4. The summed E-state index contributed by atoms with van der Waals surface area (Å²) < 4.78 is 11.5. The summed E-state index contributed by atoms with van der Waals surface area (Å²) in [5, 5.41) is 7.79. The highest BCUT2D eigenvalue weighted by atomic mass is 16.5. The zero-order valence-electron chi connectivity index (χ0n) is 13.3. The summed E-state index contributed by atoms with van der Waals surface area (Å²) in [5.41, 5.74) is -0.315. The van der Waals surface area contributed by atoms with Crippen molar-refractivity contribution < 1.29 is 9.26 Å². The number of rotatable bonds is 4. The van der Waals surface area contributed by atoms with Gasteiger partial charge < -0.3 is 14.6 Å². The molecule has 1 saturated heterocycles. The quantitative estimate of drug-likeness (QED) is 0.925. The standard InChI is InChI=1S/C16H27N3O2/c1-3-15(8-7-11-17-12-15)14-18-13(19-21-14)16(20-2)9-5-4-6-10-16/h17H,3-12H2,1-2H3. The second-order valence-electron chi connectivity index (χ2n) is 6.60. The summed E-state index contributed by atoms with van der Waals surface area (Å²) in [6.45, 7) is 4.24. The zero-order chi connectivity index (χ0) is 14.8. The summed E-state index contributed by atoms with van der Waals surface area (Å²) in [7, 11) is 1.78. The van der Waals surface area contributed by atoms with E-state index >= 15 is 0 Å². The maximum absolute atomic E-state index is 5.83. The molecule has 2 fully saturated rings. The van der Waals surface area contributed by atoms with E-state index in [9.17, 15) is 0 Å². The third-order valence-electron chi connectivity index (χ3n) is 5.49. The molecule has 1 saturated carbocycles. The minimum atomic E-state index is -0.322. The Morgan fingerprint density at radius 3 is 2.62 bits per heavy atom. The van der Waals surface area contributed by atoms with Crippen LogP contribution in [0.15, 0.2) is 4.52 Å². The number of nitrogens with one attached hydrogen (secondary N) is 1. The molecule has 5 heteroatoms. The molecule has 3 rings (SSSR count). The van der Waals surface area contributed by atoms with Crippen molar-refractivity contribution in [3.05, 3.63) is 11.7 Å². The fourth-order valence-corrected chi connectivity index (χ4v) is 3.87. The molecule has 0 spiro atoms. The molecular weight excluding hydrogens is 266 g/mol. The molecule has 1 atom stereocenters. The summed E-state index contributed by atoms with van der Waals surface area (Å²) in [6.07, 6.45) is 8.95. The summed E-state index contributed by atoms with van der Waals surface area (Å²) in [4.78, 5) is 4.80. The van der Waals surface area contributed by atoms with Crippen molar-refractivity contribution in [2.24, 2.45) is 0 Å².